The van der Waals surface area contributed by atoms with Crippen molar-refractivity contribution in [1.29, 1.82) is 0 Å². The van der Waals surface area contributed by atoms with E-state index in [-0.39, 0.29) is 30.1 Å². The van der Waals surface area contributed by atoms with Crippen molar-refractivity contribution in [3.05, 3.63) is 80.6 Å². The highest BCUT2D eigenvalue weighted by atomic mass is 16.2. The summed E-state index contributed by atoms with van der Waals surface area (Å²) in [6, 6.07) is 13.2. The number of hydrogen-bond acceptors (Lipinski definition) is 3. The first-order valence-electron chi connectivity index (χ1n) is 9.84. The SMILES string of the molecule is Cc1ccc(C(=O)CCC(=O)NCCc2cc3ccc(C)c(C)c3[nH]c2=O)cc1. The molecule has 1 heterocycles. The summed E-state index contributed by atoms with van der Waals surface area (Å²) >= 11 is 0. The summed E-state index contributed by atoms with van der Waals surface area (Å²) in [4.78, 5) is 39.5. The van der Waals surface area contributed by atoms with Crippen molar-refractivity contribution in [2.75, 3.05) is 6.54 Å². The normalized spacial score (nSPS) is 10.9. The summed E-state index contributed by atoms with van der Waals surface area (Å²) in [5.74, 6) is -0.231. The summed E-state index contributed by atoms with van der Waals surface area (Å²) in [6.07, 6.45) is 0.749. The predicted molar refractivity (Wildman–Crippen MR) is 115 cm³/mol. The molecule has 0 atom stereocenters. The van der Waals surface area contributed by atoms with E-state index in [1.165, 1.54) is 0 Å². The van der Waals surface area contributed by atoms with Crippen LogP contribution in [0.25, 0.3) is 10.9 Å². The highest BCUT2D eigenvalue weighted by Crippen LogP contribution is 2.19. The first kappa shape index (κ1) is 20.5. The van der Waals surface area contributed by atoms with E-state index in [1.807, 2.05) is 51.1 Å². The molecule has 3 aromatic rings. The van der Waals surface area contributed by atoms with Gasteiger partial charge in [-0.1, -0.05) is 42.0 Å². The van der Waals surface area contributed by atoms with Crippen molar-refractivity contribution in [3.8, 4) is 0 Å². The molecule has 1 aromatic heterocycles. The molecule has 0 aliphatic heterocycles. The largest absolute Gasteiger partial charge is 0.356 e. The van der Waals surface area contributed by atoms with E-state index in [0.717, 1.165) is 27.6 Å². The van der Waals surface area contributed by atoms with Gasteiger partial charge in [0.25, 0.3) is 5.56 Å². The number of aromatic nitrogens is 1. The lowest BCUT2D eigenvalue weighted by Gasteiger charge is -2.09. The van der Waals surface area contributed by atoms with E-state index in [0.29, 0.717) is 24.1 Å². The van der Waals surface area contributed by atoms with Crippen molar-refractivity contribution in [2.45, 2.75) is 40.0 Å². The number of benzene rings is 2. The number of nitrogens with one attached hydrogen (secondary N) is 2. The highest BCUT2D eigenvalue weighted by Gasteiger charge is 2.10. The Kier molecular flexibility index (Phi) is 6.27. The number of hydrogen-bond donors (Lipinski definition) is 2. The van der Waals surface area contributed by atoms with Crippen molar-refractivity contribution in [3.63, 3.8) is 0 Å². The summed E-state index contributed by atoms with van der Waals surface area (Å²) < 4.78 is 0. The molecule has 0 saturated carbocycles. The number of carbonyl (C=O) groups excluding carboxylic acids is 2. The number of ketones is 1. The van der Waals surface area contributed by atoms with Crippen LogP contribution in [0.2, 0.25) is 0 Å². The molecule has 0 spiro atoms. The molecule has 2 aromatic carbocycles. The van der Waals surface area contributed by atoms with Gasteiger partial charge in [-0.3, -0.25) is 14.4 Å². The fourth-order valence-electron chi connectivity index (χ4n) is 3.29. The average Bonchev–Trinajstić information content (AvgIpc) is 2.70. The number of amides is 1. The molecule has 5 heteroatoms. The van der Waals surface area contributed by atoms with Crippen molar-refractivity contribution in [2.24, 2.45) is 0 Å². The molecule has 3 rings (SSSR count). The fourth-order valence-corrected chi connectivity index (χ4v) is 3.29. The number of carbonyl (C=O) groups is 2. The van der Waals surface area contributed by atoms with E-state index in [2.05, 4.69) is 10.3 Å². The van der Waals surface area contributed by atoms with Gasteiger partial charge in [0.05, 0.1) is 5.52 Å². The van der Waals surface area contributed by atoms with Crippen molar-refractivity contribution in [1.82, 2.24) is 10.3 Å². The van der Waals surface area contributed by atoms with Gasteiger partial charge in [-0.25, -0.2) is 0 Å². The van der Waals surface area contributed by atoms with Crippen molar-refractivity contribution >= 4 is 22.6 Å². The Morgan fingerprint density at radius 2 is 1.69 bits per heavy atom. The number of rotatable bonds is 7. The molecule has 0 aliphatic carbocycles. The maximum absolute atomic E-state index is 12.4. The van der Waals surface area contributed by atoms with E-state index in [1.54, 1.807) is 12.1 Å². The van der Waals surface area contributed by atoms with Gasteiger partial charge in [-0.2, -0.15) is 0 Å². The minimum Gasteiger partial charge on any atom is -0.356 e. The van der Waals surface area contributed by atoms with Crippen LogP contribution < -0.4 is 10.9 Å². The van der Waals surface area contributed by atoms with Crippen LogP contribution in [-0.4, -0.2) is 23.2 Å². The smallest absolute Gasteiger partial charge is 0.251 e. The number of Topliss-reactive ketones (excluding diaryl/α,β-unsaturated/α-hetero) is 1. The number of aromatic amines is 1. The van der Waals surface area contributed by atoms with Gasteiger partial charge in [0.2, 0.25) is 5.91 Å². The molecular formula is C24H26N2O3. The Hall–Kier alpha value is -3.21. The standard InChI is InChI=1S/C24H26N2O3/c1-15-4-7-18(8-5-15)21(27)10-11-22(28)25-13-12-20-14-19-9-6-16(2)17(3)23(19)26-24(20)29/h4-9,14H,10-13H2,1-3H3,(H,25,28)(H,26,29). The molecule has 0 radical (unpaired) electrons. The Morgan fingerprint density at radius 3 is 2.41 bits per heavy atom. The zero-order chi connectivity index (χ0) is 21.0. The van der Waals surface area contributed by atoms with Gasteiger partial charge in [0.1, 0.15) is 0 Å². The lowest BCUT2D eigenvalue weighted by atomic mass is 10.0. The number of fused-ring (bicyclic) bond motifs is 1. The zero-order valence-corrected chi connectivity index (χ0v) is 17.1. The molecule has 5 nitrogen and oxygen atoms in total. The summed E-state index contributed by atoms with van der Waals surface area (Å²) in [5, 5.41) is 3.78. The highest BCUT2D eigenvalue weighted by molar-refractivity contribution is 5.98. The monoisotopic (exact) mass is 390 g/mol. The third kappa shape index (κ3) is 4.99. The second-order valence-electron chi connectivity index (χ2n) is 7.48. The van der Waals surface area contributed by atoms with Gasteiger partial charge in [0, 0.05) is 30.5 Å². The van der Waals surface area contributed by atoms with E-state index in [4.69, 9.17) is 0 Å². The Bertz CT molecular complexity index is 1110. The van der Waals surface area contributed by atoms with Gasteiger partial charge in [0.15, 0.2) is 5.78 Å². The molecule has 150 valence electrons. The third-order valence-electron chi connectivity index (χ3n) is 5.30. The van der Waals surface area contributed by atoms with E-state index < -0.39 is 0 Å². The lowest BCUT2D eigenvalue weighted by molar-refractivity contribution is -0.121. The second-order valence-corrected chi connectivity index (χ2v) is 7.48. The van der Waals surface area contributed by atoms with E-state index >= 15 is 0 Å². The maximum atomic E-state index is 12.4. The van der Waals surface area contributed by atoms with Crippen molar-refractivity contribution < 1.29 is 9.59 Å². The number of aryl methyl sites for hydroxylation is 3. The van der Waals surface area contributed by atoms with Gasteiger partial charge in [-0.05, 0) is 49.8 Å². The average molecular weight is 390 g/mol. The van der Waals surface area contributed by atoms with Crippen LogP contribution in [0.1, 0.15) is 45.5 Å². The van der Waals surface area contributed by atoms with Crippen LogP contribution in [0.4, 0.5) is 0 Å². The Morgan fingerprint density at radius 1 is 0.966 bits per heavy atom. The summed E-state index contributed by atoms with van der Waals surface area (Å²) in [5.41, 5.74) is 5.28. The van der Waals surface area contributed by atoms with Crippen LogP contribution in [0, 0.1) is 20.8 Å². The molecule has 0 saturated heterocycles. The second kappa shape index (κ2) is 8.86. The first-order valence-corrected chi connectivity index (χ1v) is 9.84. The molecule has 1 amide bonds. The minimum atomic E-state index is -0.186. The molecular weight excluding hydrogens is 364 g/mol. The van der Waals surface area contributed by atoms with Crippen LogP contribution in [0.5, 0.6) is 0 Å². The Labute approximate surface area is 170 Å². The Balaban J connectivity index is 1.53. The van der Waals surface area contributed by atoms with E-state index in [9.17, 15) is 14.4 Å². The molecule has 0 bridgehead atoms. The molecule has 2 N–H and O–H groups in total. The topological polar surface area (TPSA) is 79.0 Å². The van der Waals surface area contributed by atoms with Crippen LogP contribution in [-0.2, 0) is 11.2 Å². The molecule has 29 heavy (non-hydrogen) atoms. The van der Waals surface area contributed by atoms with Gasteiger partial charge < -0.3 is 10.3 Å². The lowest BCUT2D eigenvalue weighted by Crippen LogP contribution is -2.27. The summed E-state index contributed by atoms with van der Waals surface area (Å²) in [7, 11) is 0. The van der Waals surface area contributed by atoms with Gasteiger partial charge in [-0.15, -0.1) is 0 Å². The van der Waals surface area contributed by atoms with Gasteiger partial charge >= 0.3 is 0 Å². The maximum Gasteiger partial charge on any atom is 0.251 e. The fraction of sp³-hybridized carbons (Fsp3) is 0.292. The number of H-pyrrole nitrogens is 1. The summed E-state index contributed by atoms with van der Waals surface area (Å²) in [6.45, 7) is 6.33. The molecule has 0 aliphatic rings. The zero-order valence-electron chi connectivity index (χ0n) is 17.1. The predicted octanol–water partition coefficient (Wildman–Crippen LogP) is 3.78. The van der Waals surface area contributed by atoms with Crippen LogP contribution in [0.15, 0.2) is 47.3 Å². The quantitative estimate of drug-likeness (QED) is 0.603. The first-order chi connectivity index (χ1) is 13.8. The van der Waals surface area contributed by atoms with Crippen LogP contribution >= 0.6 is 0 Å². The third-order valence-corrected chi connectivity index (χ3v) is 5.30. The minimum absolute atomic E-state index is 0.0446. The molecule has 0 unspecified atom stereocenters. The molecule has 0 fully saturated rings. The van der Waals surface area contributed by atoms with Crippen LogP contribution in [0.3, 0.4) is 0 Å². The number of pyridine rings is 1.